The summed E-state index contributed by atoms with van der Waals surface area (Å²) in [6, 6.07) is 12.5. The average molecular weight is 432 g/mol. The minimum absolute atomic E-state index is 0.204. The number of nitrogens with one attached hydrogen (secondary N) is 2. The number of para-hydroxylation sites is 1. The molecule has 0 unspecified atom stereocenters. The molecule has 2 amide bonds. The number of anilines is 2. The largest absolute Gasteiger partial charge is 0.378 e. The molecular formula is C23H24N6O3. The standard InChI is InChI=1S/C23H24N6O3/c30-21(17-6-9-24-10-7-17)25-11-8-20-19(22(31)27-18-4-2-1-3-5-18)16-26-23(28-20)29-12-14-32-15-13-29/h1-7,9-10,16H,8,11-15H2,(H,25,30)(H,27,31). The lowest BCUT2D eigenvalue weighted by Crippen LogP contribution is -2.37. The van der Waals surface area contributed by atoms with Gasteiger partial charge in [0.2, 0.25) is 5.95 Å². The number of carbonyl (C=O) groups is 2. The SMILES string of the molecule is O=C(NCCc1nc(N2CCOCC2)ncc1C(=O)Nc1ccccc1)c1ccncc1. The van der Waals surface area contributed by atoms with Crippen molar-refractivity contribution in [2.24, 2.45) is 0 Å². The van der Waals surface area contributed by atoms with Gasteiger partial charge in [0.1, 0.15) is 0 Å². The zero-order valence-corrected chi connectivity index (χ0v) is 17.5. The summed E-state index contributed by atoms with van der Waals surface area (Å²) < 4.78 is 5.40. The van der Waals surface area contributed by atoms with Crippen molar-refractivity contribution in [2.75, 3.05) is 43.1 Å². The number of carbonyl (C=O) groups excluding carboxylic acids is 2. The molecule has 1 aliphatic heterocycles. The van der Waals surface area contributed by atoms with E-state index < -0.39 is 0 Å². The summed E-state index contributed by atoms with van der Waals surface area (Å²) in [5.74, 6) is 0.0605. The maximum atomic E-state index is 12.9. The van der Waals surface area contributed by atoms with Crippen molar-refractivity contribution in [3.63, 3.8) is 0 Å². The Labute approximate surface area is 185 Å². The Morgan fingerprint density at radius 2 is 1.75 bits per heavy atom. The quantitative estimate of drug-likeness (QED) is 0.587. The number of hydrogen-bond donors (Lipinski definition) is 2. The normalized spacial score (nSPS) is 13.4. The van der Waals surface area contributed by atoms with Crippen LogP contribution in [0.25, 0.3) is 0 Å². The van der Waals surface area contributed by atoms with E-state index in [1.54, 1.807) is 30.7 Å². The average Bonchev–Trinajstić information content (AvgIpc) is 2.85. The molecule has 9 nitrogen and oxygen atoms in total. The first-order chi connectivity index (χ1) is 15.7. The van der Waals surface area contributed by atoms with Crippen LogP contribution in [0.2, 0.25) is 0 Å². The third-order valence-corrected chi connectivity index (χ3v) is 5.02. The van der Waals surface area contributed by atoms with Gasteiger partial charge in [-0.05, 0) is 24.3 Å². The summed E-state index contributed by atoms with van der Waals surface area (Å²) in [5, 5.41) is 5.75. The third kappa shape index (κ3) is 5.44. The molecule has 2 aromatic heterocycles. The smallest absolute Gasteiger partial charge is 0.259 e. The van der Waals surface area contributed by atoms with Gasteiger partial charge in [-0.2, -0.15) is 0 Å². The number of morpholine rings is 1. The fourth-order valence-corrected chi connectivity index (χ4v) is 3.32. The number of ether oxygens (including phenoxy) is 1. The lowest BCUT2D eigenvalue weighted by Gasteiger charge is -2.27. The molecule has 1 saturated heterocycles. The van der Waals surface area contributed by atoms with E-state index in [9.17, 15) is 9.59 Å². The molecule has 1 aliphatic rings. The highest BCUT2D eigenvalue weighted by atomic mass is 16.5. The highest BCUT2D eigenvalue weighted by Gasteiger charge is 2.19. The molecule has 3 heterocycles. The van der Waals surface area contributed by atoms with Crippen molar-refractivity contribution in [1.82, 2.24) is 20.3 Å². The van der Waals surface area contributed by atoms with Gasteiger partial charge in [0.15, 0.2) is 0 Å². The number of nitrogens with zero attached hydrogens (tertiary/aromatic N) is 4. The second-order valence-corrected chi connectivity index (χ2v) is 7.19. The van der Waals surface area contributed by atoms with E-state index in [1.165, 1.54) is 0 Å². The molecule has 0 spiro atoms. The Hall–Kier alpha value is -3.85. The lowest BCUT2D eigenvalue weighted by molar-refractivity contribution is 0.0953. The van der Waals surface area contributed by atoms with Crippen LogP contribution in [0.5, 0.6) is 0 Å². The van der Waals surface area contributed by atoms with E-state index in [2.05, 4.69) is 25.6 Å². The summed E-state index contributed by atoms with van der Waals surface area (Å²) in [4.78, 5) is 40.3. The van der Waals surface area contributed by atoms with E-state index in [-0.39, 0.29) is 11.8 Å². The van der Waals surface area contributed by atoms with Crippen molar-refractivity contribution in [1.29, 1.82) is 0 Å². The van der Waals surface area contributed by atoms with Crippen LogP contribution in [0, 0.1) is 0 Å². The van der Waals surface area contributed by atoms with Crippen molar-refractivity contribution < 1.29 is 14.3 Å². The lowest BCUT2D eigenvalue weighted by atomic mass is 10.1. The Morgan fingerprint density at radius 3 is 2.50 bits per heavy atom. The summed E-state index contributed by atoms with van der Waals surface area (Å²) in [5.41, 5.74) is 2.17. The maximum Gasteiger partial charge on any atom is 0.259 e. The van der Waals surface area contributed by atoms with Gasteiger partial charge in [-0.25, -0.2) is 9.97 Å². The van der Waals surface area contributed by atoms with Gasteiger partial charge in [0.25, 0.3) is 11.8 Å². The third-order valence-electron chi connectivity index (χ3n) is 5.02. The molecular weight excluding hydrogens is 408 g/mol. The van der Waals surface area contributed by atoms with Crippen LogP contribution in [0.3, 0.4) is 0 Å². The first-order valence-corrected chi connectivity index (χ1v) is 10.4. The monoisotopic (exact) mass is 432 g/mol. The Bertz CT molecular complexity index is 1060. The van der Waals surface area contributed by atoms with Crippen molar-refractivity contribution in [3.05, 3.63) is 77.9 Å². The Morgan fingerprint density at radius 1 is 1.00 bits per heavy atom. The molecule has 0 radical (unpaired) electrons. The first kappa shape index (κ1) is 21.4. The highest BCUT2D eigenvalue weighted by Crippen LogP contribution is 2.16. The van der Waals surface area contributed by atoms with E-state index in [0.717, 1.165) is 0 Å². The minimum atomic E-state index is -0.291. The van der Waals surface area contributed by atoms with Crippen LogP contribution < -0.4 is 15.5 Å². The van der Waals surface area contributed by atoms with Gasteiger partial charge in [-0.1, -0.05) is 18.2 Å². The number of hydrogen-bond acceptors (Lipinski definition) is 7. The predicted molar refractivity (Wildman–Crippen MR) is 120 cm³/mol. The van der Waals surface area contributed by atoms with Crippen LogP contribution in [0.1, 0.15) is 26.4 Å². The number of aromatic nitrogens is 3. The zero-order valence-electron chi connectivity index (χ0n) is 17.5. The maximum absolute atomic E-state index is 12.9. The molecule has 2 N–H and O–H groups in total. The number of amides is 2. The van der Waals surface area contributed by atoms with Crippen LogP contribution in [0.15, 0.2) is 61.1 Å². The topological polar surface area (TPSA) is 109 Å². The number of pyridine rings is 1. The van der Waals surface area contributed by atoms with E-state index in [1.807, 2.05) is 35.2 Å². The molecule has 0 atom stereocenters. The van der Waals surface area contributed by atoms with Gasteiger partial charge >= 0.3 is 0 Å². The van der Waals surface area contributed by atoms with Crippen LogP contribution in [-0.2, 0) is 11.2 Å². The fourth-order valence-electron chi connectivity index (χ4n) is 3.32. The predicted octanol–water partition coefficient (Wildman–Crippen LogP) is 1.93. The molecule has 4 rings (SSSR count). The molecule has 0 aliphatic carbocycles. The van der Waals surface area contributed by atoms with Gasteiger partial charge in [0.05, 0.1) is 24.5 Å². The van der Waals surface area contributed by atoms with Gasteiger partial charge in [-0.15, -0.1) is 0 Å². The highest BCUT2D eigenvalue weighted by molar-refractivity contribution is 6.05. The molecule has 3 aromatic rings. The van der Waals surface area contributed by atoms with Crippen LogP contribution in [-0.4, -0.2) is 59.6 Å². The summed E-state index contributed by atoms with van der Waals surface area (Å²) in [7, 11) is 0. The van der Waals surface area contributed by atoms with E-state index in [0.29, 0.717) is 67.7 Å². The molecule has 9 heteroatoms. The second-order valence-electron chi connectivity index (χ2n) is 7.19. The van der Waals surface area contributed by atoms with Crippen LogP contribution in [0.4, 0.5) is 11.6 Å². The van der Waals surface area contributed by atoms with Crippen LogP contribution >= 0.6 is 0 Å². The van der Waals surface area contributed by atoms with E-state index >= 15 is 0 Å². The minimum Gasteiger partial charge on any atom is -0.378 e. The van der Waals surface area contributed by atoms with Crippen molar-refractivity contribution in [2.45, 2.75) is 6.42 Å². The molecule has 32 heavy (non-hydrogen) atoms. The summed E-state index contributed by atoms with van der Waals surface area (Å²) in [6.07, 6.45) is 5.07. The fraction of sp³-hybridized carbons (Fsp3) is 0.261. The molecule has 0 bridgehead atoms. The molecule has 164 valence electrons. The van der Waals surface area contributed by atoms with Crippen molar-refractivity contribution >= 4 is 23.5 Å². The molecule has 1 fully saturated rings. The van der Waals surface area contributed by atoms with E-state index in [4.69, 9.17) is 4.74 Å². The second kappa shape index (κ2) is 10.5. The Kier molecular flexibility index (Phi) is 6.98. The zero-order chi connectivity index (χ0) is 22.2. The summed E-state index contributed by atoms with van der Waals surface area (Å²) in [6.45, 7) is 2.92. The first-order valence-electron chi connectivity index (χ1n) is 10.4. The Balaban J connectivity index is 1.50. The van der Waals surface area contributed by atoms with Gasteiger partial charge in [-0.3, -0.25) is 14.6 Å². The summed E-state index contributed by atoms with van der Waals surface area (Å²) >= 11 is 0. The number of benzene rings is 1. The van der Waals surface area contributed by atoms with Crippen molar-refractivity contribution in [3.8, 4) is 0 Å². The number of rotatable bonds is 7. The van der Waals surface area contributed by atoms with Gasteiger partial charge in [0, 0.05) is 55.9 Å². The molecule has 1 aromatic carbocycles. The molecule has 0 saturated carbocycles. The van der Waals surface area contributed by atoms with Gasteiger partial charge < -0.3 is 20.3 Å².